The number of anilines is 1. The molecule has 2 aliphatic rings. The highest BCUT2D eigenvalue weighted by Gasteiger charge is 2.33. The van der Waals surface area contributed by atoms with Crippen molar-refractivity contribution in [1.82, 2.24) is 8.87 Å². The molecule has 0 saturated carbocycles. The molecule has 6 rings (SSSR count). The maximum Gasteiger partial charge on any atom is 0.258 e. The quantitative estimate of drug-likeness (QED) is 0.359. The topological polar surface area (TPSA) is 71.9 Å². The molecule has 3 heterocycles. The fourth-order valence-corrected chi connectivity index (χ4v) is 6.56. The molecule has 38 heavy (non-hydrogen) atoms. The number of amides is 1. The van der Waals surface area contributed by atoms with Crippen molar-refractivity contribution in [3.05, 3.63) is 95.4 Å². The van der Waals surface area contributed by atoms with E-state index in [1.54, 1.807) is 42.3 Å². The van der Waals surface area contributed by atoms with Crippen LogP contribution >= 0.6 is 0 Å². The molecular weight excluding hydrogens is 505 g/mol. The third-order valence-electron chi connectivity index (χ3n) is 7.15. The Balaban J connectivity index is 1.43. The molecule has 0 atom stereocenters. The van der Waals surface area contributed by atoms with Crippen LogP contribution in [0.15, 0.2) is 77.8 Å². The van der Waals surface area contributed by atoms with Crippen molar-refractivity contribution >= 4 is 44.2 Å². The SMILES string of the molecule is CN1C(=O)/C(=C\c2cn(Cc3ccc(F)cc3)c3ccccc23)c2cc(S(=O)(=O)N3CCOCC3)ccc21. The number of halogens is 1. The number of likely N-dealkylation sites (N-methyl/N-ethyl adjacent to an activating group) is 1. The van der Waals surface area contributed by atoms with Crippen LogP contribution in [-0.2, 0) is 26.1 Å². The highest BCUT2D eigenvalue weighted by Crippen LogP contribution is 2.39. The van der Waals surface area contributed by atoms with Gasteiger partial charge in [0.1, 0.15) is 5.82 Å². The third kappa shape index (κ3) is 4.22. The van der Waals surface area contributed by atoms with Crippen molar-refractivity contribution in [2.75, 3.05) is 38.3 Å². The first-order valence-corrected chi connectivity index (χ1v) is 13.8. The summed E-state index contributed by atoms with van der Waals surface area (Å²) in [4.78, 5) is 15.0. The van der Waals surface area contributed by atoms with Gasteiger partial charge in [-0.1, -0.05) is 30.3 Å². The van der Waals surface area contributed by atoms with Gasteiger partial charge in [0.25, 0.3) is 5.91 Å². The van der Waals surface area contributed by atoms with Gasteiger partial charge in [-0.25, -0.2) is 12.8 Å². The molecular formula is C29H26FN3O4S. The number of carbonyl (C=O) groups is 1. The predicted octanol–water partition coefficient (Wildman–Crippen LogP) is 4.37. The first kappa shape index (κ1) is 24.5. The molecule has 0 unspecified atom stereocenters. The molecule has 4 aromatic rings. The van der Waals surface area contributed by atoms with E-state index in [9.17, 15) is 17.6 Å². The van der Waals surface area contributed by atoms with Gasteiger partial charge < -0.3 is 14.2 Å². The van der Waals surface area contributed by atoms with Crippen LogP contribution in [0.2, 0.25) is 0 Å². The van der Waals surface area contributed by atoms with Crippen molar-refractivity contribution in [3.63, 3.8) is 0 Å². The van der Waals surface area contributed by atoms with Crippen molar-refractivity contribution in [2.45, 2.75) is 11.4 Å². The Hall–Kier alpha value is -3.79. The minimum Gasteiger partial charge on any atom is -0.379 e. The van der Waals surface area contributed by atoms with E-state index in [0.29, 0.717) is 49.7 Å². The lowest BCUT2D eigenvalue weighted by Crippen LogP contribution is -2.40. The molecule has 9 heteroatoms. The fourth-order valence-electron chi connectivity index (χ4n) is 5.13. The summed E-state index contributed by atoms with van der Waals surface area (Å²) in [5.74, 6) is -0.481. The van der Waals surface area contributed by atoms with Crippen LogP contribution in [0.5, 0.6) is 0 Å². The lowest BCUT2D eigenvalue weighted by molar-refractivity contribution is -0.112. The molecule has 0 bridgehead atoms. The summed E-state index contributed by atoms with van der Waals surface area (Å²) in [5, 5.41) is 0.961. The summed E-state index contributed by atoms with van der Waals surface area (Å²) in [6.07, 6.45) is 3.81. The zero-order chi connectivity index (χ0) is 26.4. The minimum atomic E-state index is -3.72. The maximum absolute atomic E-state index is 13.4. The van der Waals surface area contributed by atoms with Crippen LogP contribution in [0, 0.1) is 5.82 Å². The Morgan fingerprint density at radius 2 is 1.74 bits per heavy atom. The number of carbonyl (C=O) groups excluding carboxylic acids is 1. The van der Waals surface area contributed by atoms with Gasteiger partial charge in [0, 0.05) is 60.5 Å². The summed E-state index contributed by atoms with van der Waals surface area (Å²) < 4.78 is 48.8. The van der Waals surface area contributed by atoms with Gasteiger partial charge in [0.05, 0.1) is 23.8 Å². The van der Waals surface area contributed by atoms with Crippen LogP contribution in [0.1, 0.15) is 16.7 Å². The van der Waals surface area contributed by atoms with E-state index in [2.05, 4.69) is 4.57 Å². The number of nitrogens with zero attached hydrogens (tertiary/aromatic N) is 3. The molecule has 2 aliphatic heterocycles. The van der Waals surface area contributed by atoms with E-state index >= 15 is 0 Å². The van der Waals surface area contributed by atoms with Crippen LogP contribution in [-0.4, -0.2) is 56.5 Å². The van der Waals surface area contributed by atoms with Gasteiger partial charge in [-0.3, -0.25) is 4.79 Å². The number of ether oxygens (including phenoxy) is 1. The molecule has 7 nitrogen and oxygen atoms in total. The second-order valence-corrected chi connectivity index (χ2v) is 11.4. The van der Waals surface area contributed by atoms with Crippen molar-refractivity contribution < 1.29 is 22.3 Å². The van der Waals surface area contributed by atoms with E-state index in [1.807, 2.05) is 36.5 Å². The van der Waals surface area contributed by atoms with Crippen LogP contribution in [0.25, 0.3) is 22.6 Å². The average Bonchev–Trinajstić information content (AvgIpc) is 3.40. The van der Waals surface area contributed by atoms with Gasteiger partial charge in [-0.15, -0.1) is 0 Å². The molecule has 1 saturated heterocycles. The second-order valence-electron chi connectivity index (χ2n) is 9.47. The number of fused-ring (bicyclic) bond motifs is 2. The van der Waals surface area contributed by atoms with Gasteiger partial charge in [0.2, 0.25) is 10.0 Å². The first-order chi connectivity index (χ1) is 18.3. The highest BCUT2D eigenvalue weighted by molar-refractivity contribution is 7.89. The zero-order valence-corrected chi connectivity index (χ0v) is 21.6. The van der Waals surface area contributed by atoms with Crippen molar-refractivity contribution in [3.8, 4) is 0 Å². The number of hydrogen-bond donors (Lipinski definition) is 0. The van der Waals surface area contributed by atoms with Crippen LogP contribution < -0.4 is 4.90 Å². The first-order valence-electron chi connectivity index (χ1n) is 12.4. The molecule has 194 valence electrons. The summed E-state index contributed by atoms with van der Waals surface area (Å²) in [6.45, 7) is 1.86. The minimum absolute atomic E-state index is 0.158. The largest absolute Gasteiger partial charge is 0.379 e. The van der Waals surface area contributed by atoms with Gasteiger partial charge in [0.15, 0.2) is 0 Å². The van der Waals surface area contributed by atoms with Crippen LogP contribution in [0.4, 0.5) is 10.1 Å². The number of benzene rings is 3. The molecule has 3 aromatic carbocycles. The molecule has 0 aliphatic carbocycles. The Morgan fingerprint density at radius 3 is 2.50 bits per heavy atom. The number of rotatable bonds is 5. The standard InChI is InChI=1S/C29H26FN3O4S/c1-31-27-11-10-23(38(35,36)33-12-14-37-15-13-33)17-25(27)26(29(31)34)16-21-19-32(28-5-3-2-4-24(21)28)18-20-6-8-22(30)9-7-20/h2-11,16-17,19H,12-15,18H2,1H3/b26-16-. The van der Waals surface area contributed by atoms with Crippen LogP contribution in [0.3, 0.4) is 0 Å². The van der Waals surface area contributed by atoms with Crippen molar-refractivity contribution in [2.24, 2.45) is 0 Å². The summed E-state index contributed by atoms with van der Waals surface area (Å²) in [6, 6.07) is 19.1. The number of morpholine rings is 1. The predicted molar refractivity (Wildman–Crippen MR) is 145 cm³/mol. The lowest BCUT2D eigenvalue weighted by atomic mass is 10.0. The number of aromatic nitrogens is 1. The fraction of sp³-hybridized carbons (Fsp3) is 0.207. The number of para-hydroxylation sites is 1. The monoisotopic (exact) mass is 531 g/mol. The van der Waals surface area contributed by atoms with E-state index in [-0.39, 0.29) is 16.6 Å². The molecule has 1 fully saturated rings. The molecule has 0 N–H and O–H groups in total. The Bertz CT molecular complexity index is 1690. The van der Waals surface area contributed by atoms with Gasteiger partial charge in [-0.05, 0) is 48.0 Å². The zero-order valence-electron chi connectivity index (χ0n) is 20.8. The van der Waals surface area contributed by atoms with E-state index in [4.69, 9.17) is 4.74 Å². The van der Waals surface area contributed by atoms with E-state index in [0.717, 1.165) is 22.0 Å². The smallest absolute Gasteiger partial charge is 0.258 e. The van der Waals surface area contributed by atoms with E-state index in [1.165, 1.54) is 16.4 Å². The Kier molecular flexibility index (Phi) is 6.14. The Labute approximate surface area is 220 Å². The number of hydrogen-bond acceptors (Lipinski definition) is 4. The Morgan fingerprint density at radius 1 is 1.00 bits per heavy atom. The number of sulfonamides is 1. The lowest BCUT2D eigenvalue weighted by Gasteiger charge is -2.26. The van der Waals surface area contributed by atoms with Crippen molar-refractivity contribution in [1.29, 1.82) is 0 Å². The molecule has 1 amide bonds. The van der Waals surface area contributed by atoms with Gasteiger partial charge in [-0.2, -0.15) is 4.31 Å². The maximum atomic E-state index is 13.4. The molecule has 0 spiro atoms. The summed E-state index contributed by atoms with van der Waals surface area (Å²) >= 11 is 0. The molecule has 1 aromatic heterocycles. The van der Waals surface area contributed by atoms with Gasteiger partial charge >= 0.3 is 0 Å². The summed E-state index contributed by atoms with van der Waals surface area (Å²) in [5.41, 5.74) is 4.46. The highest BCUT2D eigenvalue weighted by atomic mass is 32.2. The third-order valence-corrected chi connectivity index (χ3v) is 9.04. The average molecular weight is 532 g/mol. The normalized spacial score (nSPS) is 17.5. The van der Waals surface area contributed by atoms with E-state index < -0.39 is 10.0 Å². The second kappa shape index (κ2) is 9.50. The summed E-state index contributed by atoms with van der Waals surface area (Å²) in [7, 11) is -2.03. The molecule has 0 radical (unpaired) electrons.